The molecule has 22 heavy (non-hydrogen) atoms. The van der Waals surface area contributed by atoms with E-state index in [0.717, 1.165) is 6.42 Å². The number of amides is 1. The summed E-state index contributed by atoms with van der Waals surface area (Å²) in [5.41, 5.74) is -1.75. The highest BCUT2D eigenvalue weighted by Crippen LogP contribution is 2.51. The van der Waals surface area contributed by atoms with Crippen molar-refractivity contribution in [3.05, 3.63) is 12.7 Å². The van der Waals surface area contributed by atoms with E-state index in [1.54, 1.807) is 36.4 Å². The minimum atomic E-state index is -4.31. The summed E-state index contributed by atoms with van der Waals surface area (Å²) in [4.78, 5) is 11.9. The third-order valence-corrected chi connectivity index (χ3v) is 9.28. The van der Waals surface area contributed by atoms with Crippen molar-refractivity contribution in [1.82, 2.24) is 5.32 Å². The van der Waals surface area contributed by atoms with Crippen LogP contribution < -0.4 is 5.32 Å². The minimum absolute atomic E-state index is 0.359. The van der Waals surface area contributed by atoms with Crippen molar-refractivity contribution in [2.45, 2.75) is 62.7 Å². The number of carbonyl (C=O) groups is 1. The van der Waals surface area contributed by atoms with Gasteiger partial charge in [0.2, 0.25) is 5.91 Å². The lowest BCUT2D eigenvalue weighted by Crippen LogP contribution is -2.63. The Balaban J connectivity index is 5.93. The van der Waals surface area contributed by atoms with Gasteiger partial charge < -0.3 is 5.32 Å². The molecule has 0 bridgehead atoms. The maximum absolute atomic E-state index is 11.9. The number of rotatable bonds is 8. The van der Waals surface area contributed by atoms with Gasteiger partial charge in [-0.25, -0.2) is 0 Å². The van der Waals surface area contributed by atoms with Gasteiger partial charge in [0.15, 0.2) is 2.75 Å². The van der Waals surface area contributed by atoms with Crippen molar-refractivity contribution < 1.29 is 17.8 Å². The van der Waals surface area contributed by atoms with Crippen molar-refractivity contribution >= 4 is 38.6 Å². The number of halogens is 1. The van der Waals surface area contributed by atoms with Crippen LogP contribution in [0.2, 0.25) is 0 Å². The van der Waals surface area contributed by atoms with Gasteiger partial charge in [-0.1, -0.05) is 56.9 Å². The van der Waals surface area contributed by atoms with Crippen LogP contribution in [-0.2, 0) is 14.9 Å². The normalized spacial score (nSPS) is 18.4. The van der Waals surface area contributed by atoms with Crippen molar-refractivity contribution in [3.8, 4) is 0 Å². The van der Waals surface area contributed by atoms with E-state index in [1.165, 1.54) is 13.0 Å². The highest BCUT2D eigenvalue weighted by molar-refractivity contribution is 14.1. The second-order valence-corrected chi connectivity index (χ2v) is 11.6. The molecular formula is C15H28INO4S. The standard InChI is InChI=1S/C15H28INO4S/c1-8-12(18)17-14(6,10-9-11(2)3)13(4,5)15(7,16)22(19,20)21/h8,11H,1,9-10H2,2-7H3,(H,17,18)(H,19,20,21). The maximum atomic E-state index is 11.9. The minimum Gasteiger partial charge on any atom is -0.347 e. The molecule has 2 unspecified atom stereocenters. The number of nitrogens with one attached hydrogen (secondary N) is 1. The zero-order chi connectivity index (χ0) is 18.0. The molecular weight excluding hydrogens is 417 g/mol. The van der Waals surface area contributed by atoms with Gasteiger partial charge in [-0.15, -0.1) is 0 Å². The van der Waals surface area contributed by atoms with E-state index in [9.17, 15) is 17.8 Å². The Bertz CT molecular complexity index is 526. The zero-order valence-corrected chi connectivity index (χ0v) is 17.2. The third kappa shape index (κ3) is 4.44. The SMILES string of the molecule is C=CC(=O)NC(C)(CCC(C)C)C(C)(C)C(C)(I)S(=O)(=O)O. The first kappa shape index (κ1) is 21.9. The Labute approximate surface area is 148 Å². The Morgan fingerprint density at radius 2 is 1.77 bits per heavy atom. The molecule has 0 aromatic rings. The quantitative estimate of drug-likeness (QED) is 0.259. The van der Waals surface area contributed by atoms with Gasteiger partial charge in [-0.05, 0) is 38.7 Å². The van der Waals surface area contributed by atoms with Crippen LogP contribution >= 0.6 is 22.6 Å². The predicted octanol–water partition coefficient (Wildman–Crippen LogP) is 3.55. The Morgan fingerprint density at radius 3 is 2.09 bits per heavy atom. The second kappa shape index (κ2) is 7.17. The van der Waals surface area contributed by atoms with E-state index in [4.69, 9.17) is 0 Å². The van der Waals surface area contributed by atoms with Crippen LogP contribution in [0.3, 0.4) is 0 Å². The molecule has 0 fully saturated rings. The second-order valence-electron chi connectivity index (χ2n) is 6.97. The summed E-state index contributed by atoms with van der Waals surface area (Å²) in [6.07, 6.45) is 2.57. The lowest BCUT2D eigenvalue weighted by molar-refractivity contribution is -0.120. The molecule has 5 nitrogen and oxygen atoms in total. The Kier molecular flexibility index (Phi) is 7.12. The molecule has 0 radical (unpaired) electrons. The average Bonchev–Trinajstić information content (AvgIpc) is 2.34. The van der Waals surface area contributed by atoms with Crippen LogP contribution in [0.1, 0.15) is 54.4 Å². The van der Waals surface area contributed by atoms with E-state index < -0.39 is 23.8 Å². The topological polar surface area (TPSA) is 83.5 Å². The van der Waals surface area contributed by atoms with Crippen LogP contribution in [0.25, 0.3) is 0 Å². The summed E-state index contributed by atoms with van der Waals surface area (Å²) in [6.45, 7) is 14.4. The van der Waals surface area contributed by atoms with Crippen LogP contribution in [0.15, 0.2) is 12.7 Å². The van der Waals surface area contributed by atoms with Gasteiger partial charge in [0.1, 0.15) is 0 Å². The first-order chi connectivity index (χ1) is 9.62. The van der Waals surface area contributed by atoms with E-state index in [0.29, 0.717) is 12.3 Å². The van der Waals surface area contributed by atoms with Gasteiger partial charge in [-0.3, -0.25) is 9.35 Å². The fraction of sp³-hybridized carbons (Fsp3) is 0.800. The molecule has 0 rings (SSSR count). The molecule has 0 aromatic heterocycles. The average molecular weight is 445 g/mol. The van der Waals surface area contributed by atoms with Crippen LogP contribution in [0, 0.1) is 11.3 Å². The summed E-state index contributed by atoms with van der Waals surface area (Å²) >= 11 is 1.75. The number of hydrogen-bond donors (Lipinski definition) is 2. The fourth-order valence-corrected chi connectivity index (χ4v) is 3.71. The molecule has 0 aliphatic heterocycles. The molecule has 1 amide bonds. The maximum Gasteiger partial charge on any atom is 0.280 e. The van der Waals surface area contributed by atoms with E-state index in [2.05, 4.69) is 25.7 Å². The van der Waals surface area contributed by atoms with Gasteiger partial charge >= 0.3 is 0 Å². The molecule has 0 spiro atoms. The molecule has 0 heterocycles. The molecule has 2 atom stereocenters. The summed E-state index contributed by atoms with van der Waals surface area (Å²) in [6, 6.07) is 0. The molecule has 0 saturated carbocycles. The van der Waals surface area contributed by atoms with Crippen molar-refractivity contribution in [1.29, 1.82) is 0 Å². The van der Waals surface area contributed by atoms with Gasteiger partial charge in [0.05, 0.1) is 0 Å². The van der Waals surface area contributed by atoms with Crippen molar-refractivity contribution in [2.75, 3.05) is 0 Å². The zero-order valence-electron chi connectivity index (χ0n) is 14.2. The Hall–Kier alpha value is -0.150. The van der Waals surface area contributed by atoms with Crippen molar-refractivity contribution in [2.24, 2.45) is 11.3 Å². The molecule has 0 saturated heterocycles. The smallest absolute Gasteiger partial charge is 0.280 e. The molecule has 0 aliphatic carbocycles. The monoisotopic (exact) mass is 445 g/mol. The third-order valence-electron chi connectivity index (χ3n) is 4.79. The highest BCUT2D eigenvalue weighted by atomic mass is 127. The van der Waals surface area contributed by atoms with Gasteiger partial charge in [0, 0.05) is 11.0 Å². The summed E-state index contributed by atoms with van der Waals surface area (Å²) in [5, 5.41) is 2.88. The van der Waals surface area contributed by atoms with Crippen LogP contribution in [0.5, 0.6) is 0 Å². The lowest BCUT2D eigenvalue weighted by atomic mass is 9.68. The number of carbonyl (C=O) groups excluding carboxylic acids is 1. The van der Waals surface area contributed by atoms with Crippen LogP contribution in [-0.4, -0.2) is 27.2 Å². The van der Waals surface area contributed by atoms with Crippen LogP contribution in [0.4, 0.5) is 0 Å². The van der Waals surface area contributed by atoms with E-state index in [-0.39, 0.29) is 5.91 Å². The van der Waals surface area contributed by atoms with E-state index in [1.807, 2.05) is 6.92 Å². The fourth-order valence-electron chi connectivity index (χ4n) is 2.25. The van der Waals surface area contributed by atoms with Crippen molar-refractivity contribution in [3.63, 3.8) is 0 Å². The van der Waals surface area contributed by atoms with Gasteiger partial charge in [0.25, 0.3) is 10.1 Å². The summed E-state index contributed by atoms with van der Waals surface area (Å²) < 4.78 is 31.9. The molecule has 0 aromatic carbocycles. The number of hydrogen-bond acceptors (Lipinski definition) is 3. The largest absolute Gasteiger partial charge is 0.347 e. The predicted molar refractivity (Wildman–Crippen MR) is 98.6 cm³/mol. The van der Waals surface area contributed by atoms with Gasteiger partial charge in [-0.2, -0.15) is 8.42 Å². The summed E-state index contributed by atoms with van der Waals surface area (Å²) in [7, 11) is -4.31. The first-order valence-corrected chi connectivity index (χ1v) is 9.75. The Morgan fingerprint density at radius 1 is 1.32 bits per heavy atom. The molecule has 130 valence electrons. The molecule has 7 heteroatoms. The summed E-state index contributed by atoms with van der Waals surface area (Å²) in [5.74, 6) is 0.0452. The number of alkyl halides is 1. The molecule has 2 N–H and O–H groups in total. The first-order valence-electron chi connectivity index (χ1n) is 7.23. The molecule has 0 aliphatic rings. The highest BCUT2D eigenvalue weighted by Gasteiger charge is 2.58. The van der Waals surface area contributed by atoms with E-state index >= 15 is 0 Å². The lowest BCUT2D eigenvalue weighted by Gasteiger charge is -2.51.